The number of aliphatic carboxylic acids is 1. The molecule has 1 aliphatic rings. The number of azide groups is 1. The maximum absolute atomic E-state index is 12.9. The maximum Gasteiger partial charge on any atom is 0.326 e. The molecule has 0 aliphatic carbocycles. The summed E-state index contributed by atoms with van der Waals surface area (Å²) in [6.45, 7) is 0.662. The molecule has 2 amide bonds. The van der Waals surface area contributed by atoms with Gasteiger partial charge in [-0.3, -0.25) is 19.2 Å². The van der Waals surface area contributed by atoms with Crippen molar-refractivity contribution in [2.24, 2.45) is 5.11 Å². The monoisotopic (exact) mass is 549 g/mol. The number of carbonyl (C=O) groups is 5. The van der Waals surface area contributed by atoms with Gasteiger partial charge in [0.05, 0.1) is 6.04 Å². The summed E-state index contributed by atoms with van der Waals surface area (Å²) in [4.78, 5) is 66.3. The van der Waals surface area contributed by atoms with Crippen molar-refractivity contribution in [1.82, 2.24) is 10.2 Å². The van der Waals surface area contributed by atoms with Gasteiger partial charge in [0.25, 0.3) is 0 Å². The maximum atomic E-state index is 12.9. The SMILES string of the molecule is [N-]=[N+]=NCCCCC(=O)N[C@@H](CCC(=O)Sc1ccccc1)C(=O)SCCC(=O)N1CCC[C@@H]1C(=O)O. The summed E-state index contributed by atoms with van der Waals surface area (Å²) < 4.78 is 0. The highest BCUT2D eigenvalue weighted by atomic mass is 32.2. The van der Waals surface area contributed by atoms with Crippen LogP contribution >= 0.6 is 23.5 Å². The zero-order chi connectivity index (χ0) is 27.0. The van der Waals surface area contributed by atoms with Crippen molar-refractivity contribution in [3.63, 3.8) is 0 Å². The lowest BCUT2D eigenvalue weighted by molar-refractivity contribution is -0.148. The Hall–Kier alpha value is -3.02. The molecule has 1 aromatic rings. The van der Waals surface area contributed by atoms with E-state index in [4.69, 9.17) is 5.53 Å². The largest absolute Gasteiger partial charge is 0.480 e. The van der Waals surface area contributed by atoms with E-state index in [0.29, 0.717) is 32.2 Å². The third-order valence-electron chi connectivity index (χ3n) is 5.63. The summed E-state index contributed by atoms with van der Waals surface area (Å²) in [7, 11) is 0. The molecule has 0 saturated carbocycles. The molecule has 37 heavy (non-hydrogen) atoms. The fourth-order valence-electron chi connectivity index (χ4n) is 3.77. The summed E-state index contributed by atoms with van der Waals surface area (Å²) in [5.74, 6) is -1.55. The molecular formula is C24H31N5O6S2. The first-order chi connectivity index (χ1) is 17.8. The van der Waals surface area contributed by atoms with Crippen molar-refractivity contribution < 1.29 is 29.1 Å². The number of nitrogens with zero attached hydrogens (tertiary/aromatic N) is 4. The number of hydrogen-bond donors (Lipinski definition) is 2. The lowest BCUT2D eigenvalue weighted by Crippen LogP contribution is -2.41. The van der Waals surface area contributed by atoms with Crippen molar-refractivity contribution in [2.75, 3.05) is 18.8 Å². The summed E-state index contributed by atoms with van der Waals surface area (Å²) in [5.41, 5.74) is 8.32. The number of rotatable bonds is 15. The molecule has 0 unspecified atom stereocenters. The van der Waals surface area contributed by atoms with Crippen LogP contribution in [0.1, 0.15) is 51.4 Å². The Morgan fingerprint density at radius 3 is 2.59 bits per heavy atom. The smallest absolute Gasteiger partial charge is 0.326 e. The third-order valence-corrected chi connectivity index (χ3v) is 7.54. The number of nitrogens with one attached hydrogen (secondary N) is 1. The molecule has 13 heteroatoms. The predicted molar refractivity (Wildman–Crippen MR) is 141 cm³/mol. The second-order valence-corrected chi connectivity index (χ2v) is 10.6. The fourth-order valence-corrected chi connectivity index (χ4v) is 5.40. The quantitative estimate of drug-likeness (QED) is 0.109. The first kappa shape index (κ1) is 30.2. The van der Waals surface area contributed by atoms with E-state index in [1.54, 1.807) is 0 Å². The molecule has 0 aromatic heterocycles. The number of carboxylic acid groups (broad SMARTS) is 1. The molecule has 0 bridgehead atoms. The van der Waals surface area contributed by atoms with E-state index in [2.05, 4.69) is 15.3 Å². The van der Waals surface area contributed by atoms with E-state index in [1.807, 2.05) is 30.3 Å². The molecule has 200 valence electrons. The second kappa shape index (κ2) is 16.7. The fraction of sp³-hybridized carbons (Fsp3) is 0.542. The first-order valence-corrected chi connectivity index (χ1v) is 13.9. The van der Waals surface area contributed by atoms with Gasteiger partial charge in [-0.05, 0) is 49.8 Å². The Labute approximate surface area is 223 Å². The van der Waals surface area contributed by atoms with Crippen LogP contribution in [0.4, 0.5) is 0 Å². The van der Waals surface area contributed by atoms with E-state index in [0.717, 1.165) is 28.4 Å². The number of likely N-dealkylation sites (tertiary alicyclic amines) is 1. The first-order valence-electron chi connectivity index (χ1n) is 12.1. The van der Waals surface area contributed by atoms with Crippen molar-refractivity contribution in [2.45, 2.75) is 68.3 Å². The minimum Gasteiger partial charge on any atom is -0.480 e. The number of carbonyl (C=O) groups excluding carboxylic acids is 4. The molecule has 1 aromatic carbocycles. The zero-order valence-corrected chi connectivity index (χ0v) is 22.0. The van der Waals surface area contributed by atoms with Crippen LogP contribution in [0.15, 0.2) is 40.3 Å². The third kappa shape index (κ3) is 11.3. The summed E-state index contributed by atoms with van der Waals surface area (Å²) >= 11 is 1.96. The Morgan fingerprint density at radius 2 is 1.89 bits per heavy atom. The van der Waals surface area contributed by atoms with Crippen molar-refractivity contribution in [3.8, 4) is 0 Å². The van der Waals surface area contributed by atoms with E-state index >= 15 is 0 Å². The molecule has 0 radical (unpaired) electrons. The molecular weight excluding hydrogens is 518 g/mol. The predicted octanol–water partition coefficient (Wildman–Crippen LogP) is 3.78. The number of hydrogen-bond acceptors (Lipinski definition) is 8. The average Bonchev–Trinajstić information content (AvgIpc) is 3.37. The minimum absolute atomic E-state index is 0.00303. The molecule has 2 N–H and O–H groups in total. The van der Waals surface area contributed by atoms with Crippen LogP contribution in [0.25, 0.3) is 10.4 Å². The highest BCUT2D eigenvalue weighted by Gasteiger charge is 2.33. The highest BCUT2D eigenvalue weighted by molar-refractivity contribution is 8.14. The van der Waals surface area contributed by atoms with Crippen LogP contribution in [0.3, 0.4) is 0 Å². The van der Waals surface area contributed by atoms with Crippen LogP contribution < -0.4 is 5.32 Å². The van der Waals surface area contributed by atoms with Crippen molar-refractivity contribution in [3.05, 3.63) is 40.8 Å². The number of amides is 2. The molecule has 2 rings (SSSR count). The van der Waals surface area contributed by atoms with Gasteiger partial charge in [-0.2, -0.15) is 0 Å². The number of carboxylic acids is 1. The summed E-state index contributed by atoms with van der Waals surface area (Å²) in [5, 5.41) is 14.9. The van der Waals surface area contributed by atoms with Crippen LogP contribution in [0.2, 0.25) is 0 Å². The standard InChI is InChI=1S/C24H31N5O6S2/c25-28-26-14-5-4-10-20(30)27-18(11-12-22(32)37-17-7-2-1-3-8-17)24(35)36-16-13-21(31)29-15-6-9-19(29)23(33)34/h1-3,7-8,18-19H,4-6,9-16H2,(H,27,30)(H,33,34)/t18-,19+/m0/s1. The summed E-state index contributed by atoms with van der Waals surface area (Å²) in [6, 6.07) is 7.39. The van der Waals surface area contributed by atoms with Crippen molar-refractivity contribution >= 4 is 51.5 Å². The van der Waals surface area contributed by atoms with Gasteiger partial charge in [0.2, 0.25) is 16.9 Å². The van der Waals surface area contributed by atoms with E-state index in [9.17, 15) is 29.1 Å². The van der Waals surface area contributed by atoms with Crippen LogP contribution in [0.5, 0.6) is 0 Å². The lowest BCUT2D eigenvalue weighted by atomic mass is 10.1. The Balaban J connectivity index is 1.88. The van der Waals surface area contributed by atoms with E-state index < -0.39 is 18.1 Å². The van der Waals surface area contributed by atoms with Crippen LogP contribution in [-0.4, -0.2) is 68.9 Å². The molecule has 0 spiro atoms. The topological polar surface area (TPSA) is 170 Å². The van der Waals surface area contributed by atoms with Crippen LogP contribution in [-0.2, 0) is 24.0 Å². The lowest BCUT2D eigenvalue weighted by Gasteiger charge is -2.21. The van der Waals surface area contributed by atoms with E-state index in [-0.39, 0.29) is 60.0 Å². The Kier molecular flexibility index (Phi) is 13.6. The van der Waals surface area contributed by atoms with Gasteiger partial charge in [0, 0.05) is 47.9 Å². The summed E-state index contributed by atoms with van der Waals surface area (Å²) in [6.07, 6.45) is 2.40. The van der Waals surface area contributed by atoms with Gasteiger partial charge >= 0.3 is 5.97 Å². The molecule has 2 atom stereocenters. The van der Waals surface area contributed by atoms with Gasteiger partial charge < -0.3 is 15.3 Å². The molecule has 1 heterocycles. The normalized spacial score (nSPS) is 15.5. The number of thioether (sulfide) groups is 2. The van der Waals surface area contributed by atoms with Gasteiger partial charge in [0.15, 0.2) is 5.12 Å². The van der Waals surface area contributed by atoms with Gasteiger partial charge in [-0.1, -0.05) is 46.8 Å². The number of unbranched alkanes of at least 4 members (excludes halogenated alkanes) is 1. The van der Waals surface area contributed by atoms with Gasteiger partial charge in [-0.25, -0.2) is 4.79 Å². The Morgan fingerprint density at radius 1 is 1.14 bits per heavy atom. The highest BCUT2D eigenvalue weighted by Crippen LogP contribution is 2.23. The van der Waals surface area contributed by atoms with Crippen molar-refractivity contribution in [1.29, 1.82) is 0 Å². The average molecular weight is 550 g/mol. The molecule has 11 nitrogen and oxygen atoms in total. The van der Waals surface area contributed by atoms with Gasteiger partial charge in [-0.15, -0.1) is 0 Å². The van der Waals surface area contributed by atoms with Crippen LogP contribution in [0, 0.1) is 0 Å². The molecule has 1 aliphatic heterocycles. The minimum atomic E-state index is -1.03. The van der Waals surface area contributed by atoms with E-state index in [1.165, 1.54) is 4.90 Å². The number of benzene rings is 1. The zero-order valence-electron chi connectivity index (χ0n) is 20.4. The van der Waals surface area contributed by atoms with Gasteiger partial charge in [0.1, 0.15) is 6.04 Å². The molecule has 1 saturated heterocycles. The Bertz CT molecular complexity index is 1000. The second-order valence-electron chi connectivity index (χ2n) is 8.36. The molecule has 1 fully saturated rings.